The van der Waals surface area contributed by atoms with E-state index in [2.05, 4.69) is 15.3 Å². The molecule has 0 fully saturated rings. The van der Waals surface area contributed by atoms with Gasteiger partial charge in [0, 0.05) is 0 Å². The zero-order chi connectivity index (χ0) is 22.4. The number of hydrogen-bond donors (Lipinski definition) is 0. The van der Waals surface area contributed by atoms with E-state index in [4.69, 9.17) is 20.8 Å². The van der Waals surface area contributed by atoms with Crippen LogP contribution >= 0.6 is 11.6 Å². The zero-order valence-electron chi connectivity index (χ0n) is 15.6. The van der Waals surface area contributed by atoms with Crippen molar-refractivity contribution in [1.29, 1.82) is 0 Å². The number of rotatable bonds is 4. The topological polar surface area (TPSA) is 83.0 Å². The van der Waals surface area contributed by atoms with E-state index in [9.17, 15) is 26.7 Å². The van der Waals surface area contributed by atoms with Gasteiger partial charge in [-0.3, -0.25) is 4.79 Å². The first kappa shape index (κ1) is 21.7. The maximum Gasteiger partial charge on any atom is 0.289 e. The van der Waals surface area contributed by atoms with E-state index in [0.29, 0.717) is 0 Å². The fourth-order valence-electron chi connectivity index (χ4n) is 2.34. The van der Waals surface area contributed by atoms with Gasteiger partial charge in [-0.25, -0.2) is 26.6 Å². The molecule has 0 aliphatic heterocycles. The molecule has 0 saturated carbocycles. The predicted octanol–water partition coefficient (Wildman–Crippen LogP) is 3.98. The highest BCUT2D eigenvalue weighted by Crippen LogP contribution is 2.31. The molecule has 2 aromatic heterocycles. The van der Waals surface area contributed by atoms with E-state index < -0.39 is 58.2 Å². The molecule has 2 heterocycles. The lowest BCUT2D eigenvalue weighted by molar-refractivity contribution is 0.257. The second-order valence-electron chi connectivity index (χ2n) is 6.95. The molecular formula is C17H12ClF5N4O3. The van der Waals surface area contributed by atoms with Crippen LogP contribution < -0.4 is 10.3 Å². The van der Waals surface area contributed by atoms with Crippen LogP contribution in [0.3, 0.4) is 0 Å². The van der Waals surface area contributed by atoms with Crippen LogP contribution in [0, 0.1) is 29.1 Å². The molecule has 3 rings (SSSR count). The SMILES string of the molecule is CC(C)(C)n1ncc(OCc2nnc(-c3c(F)c(F)c(F)c(F)c3F)o2)c(Cl)c1=O. The first-order valence-corrected chi connectivity index (χ1v) is 8.56. The van der Waals surface area contributed by atoms with Crippen LogP contribution in [0.4, 0.5) is 22.0 Å². The number of hydrogen-bond acceptors (Lipinski definition) is 6. The average Bonchev–Trinajstić information content (AvgIpc) is 3.13. The molecular weight excluding hydrogens is 439 g/mol. The van der Waals surface area contributed by atoms with Gasteiger partial charge in [-0.05, 0) is 20.8 Å². The van der Waals surface area contributed by atoms with Gasteiger partial charge < -0.3 is 9.15 Å². The number of nitrogens with zero attached hydrogens (tertiary/aromatic N) is 4. The molecule has 0 radical (unpaired) electrons. The number of ether oxygens (including phenoxy) is 1. The molecule has 0 saturated heterocycles. The Balaban J connectivity index is 1.87. The molecule has 0 aliphatic carbocycles. The molecule has 30 heavy (non-hydrogen) atoms. The summed E-state index contributed by atoms with van der Waals surface area (Å²) in [6.45, 7) is 4.68. The highest BCUT2D eigenvalue weighted by atomic mass is 35.5. The summed E-state index contributed by atoms with van der Waals surface area (Å²) in [5, 5.41) is 10.3. The van der Waals surface area contributed by atoms with Crippen molar-refractivity contribution < 1.29 is 31.1 Å². The van der Waals surface area contributed by atoms with Crippen LogP contribution in [-0.2, 0) is 12.1 Å². The van der Waals surface area contributed by atoms with Crippen molar-refractivity contribution in [2.45, 2.75) is 32.9 Å². The molecule has 0 amide bonds. The number of halogens is 6. The van der Waals surface area contributed by atoms with Gasteiger partial charge in [-0.15, -0.1) is 10.2 Å². The maximum atomic E-state index is 13.8. The second kappa shape index (κ2) is 7.67. The van der Waals surface area contributed by atoms with Crippen LogP contribution in [-0.4, -0.2) is 20.0 Å². The van der Waals surface area contributed by atoms with Crippen molar-refractivity contribution >= 4 is 11.6 Å². The van der Waals surface area contributed by atoms with Gasteiger partial charge >= 0.3 is 0 Å². The van der Waals surface area contributed by atoms with E-state index in [1.54, 1.807) is 20.8 Å². The van der Waals surface area contributed by atoms with Gasteiger partial charge in [-0.2, -0.15) is 5.10 Å². The summed E-state index contributed by atoms with van der Waals surface area (Å²) >= 11 is 5.98. The Morgan fingerprint density at radius 3 is 2.17 bits per heavy atom. The van der Waals surface area contributed by atoms with E-state index in [-0.39, 0.29) is 16.7 Å². The molecule has 3 aromatic rings. The molecule has 0 bridgehead atoms. The fourth-order valence-corrected chi connectivity index (χ4v) is 2.52. The fraction of sp³-hybridized carbons (Fsp3) is 0.294. The van der Waals surface area contributed by atoms with Crippen LogP contribution in [0.2, 0.25) is 5.02 Å². The van der Waals surface area contributed by atoms with Gasteiger partial charge in [0.25, 0.3) is 17.3 Å². The summed E-state index contributed by atoms with van der Waals surface area (Å²) in [5.74, 6) is -12.4. The summed E-state index contributed by atoms with van der Waals surface area (Å²) in [6.07, 6.45) is 1.16. The maximum absolute atomic E-state index is 13.8. The van der Waals surface area contributed by atoms with E-state index in [1.165, 1.54) is 0 Å². The van der Waals surface area contributed by atoms with E-state index in [1.807, 2.05) is 0 Å². The van der Waals surface area contributed by atoms with Gasteiger partial charge in [0.2, 0.25) is 5.82 Å². The Kier molecular flexibility index (Phi) is 5.54. The van der Waals surface area contributed by atoms with Crippen molar-refractivity contribution in [3.05, 3.63) is 56.6 Å². The normalized spacial score (nSPS) is 11.8. The number of aromatic nitrogens is 4. The summed E-state index contributed by atoms with van der Waals surface area (Å²) in [4.78, 5) is 12.3. The van der Waals surface area contributed by atoms with Crippen LogP contribution in [0.25, 0.3) is 11.5 Å². The van der Waals surface area contributed by atoms with Crippen LogP contribution in [0.1, 0.15) is 26.7 Å². The van der Waals surface area contributed by atoms with Gasteiger partial charge in [-0.1, -0.05) is 11.6 Å². The largest absolute Gasteiger partial charge is 0.480 e. The molecule has 0 unspecified atom stereocenters. The third-order valence-corrected chi connectivity index (χ3v) is 4.11. The second-order valence-corrected chi connectivity index (χ2v) is 7.32. The quantitative estimate of drug-likeness (QED) is 0.340. The van der Waals surface area contributed by atoms with Crippen molar-refractivity contribution in [2.24, 2.45) is 0 Å². The Morgan fingerprint density at radius 1 is 1.03 bits per heavy atom. The van der Waals surface area contributed by atoms with Crippen LogP contribution in [0.5, 0.6) is 5.75 Å². The van der Waals surface area contributed by atoms with E-state index in [0.717, 1.165) is 10.9 Å². The molecule has 7 nitrogen and oxygen atoms in total. The predicted molar refractivity (Wildman–Crippen MR) is 92.4 cm³/mol. The van der Waals surface area contributed by atoms with Crippen LogP contribution in [0.15, 0.2) is 15.4 Å². The summed E-state index contributed by atoms with van der Waals surface area (Å²) in [5.41, 5.74) is -2.65. The van der Waals surface area contributed by atoms with Gasteiger partial charge in [0.05, 0.1) is 11.7 Å². The standard InChI is InChI=1S/C17H12ClF5N4O3/c1-17(2,3)27-16(28)9(18)6(4-24-27)29-5-7-25-26-15(30-7)8-10(19)12(21)14(23)13(22)11(8)20/h4H,5H2,1-3H3. The van der Waals surface area contributed by atoms with Crippen molar-refractivity contribution in [2.75, 3.05) is 0 Å². The summed E-state index contributed by atoms with van der Waals surface area (Å²) < 4.78 is 78.8. The molecule has 0 spiro atoms. The Hall–Kier alpha value is -3.02. The van der Waals surface area contributed by atoms with Crippen molar-refractivity contribution in [3.63, 3.8) is 0 Å². The zero-order valence-corrected chi connectivity index (χ0v) is 16.3. The van der Waals surface area contributed by atoms with Crippen molar-refractivity contribution in [3.8, 4) is 17.2 Å². The first-order valence-electron chi connectivity index (χ1n) is 8.18. The Morgan fingerprint density at radius 2 is 1.60 bits per heavy atom. The minimum Gasteiger partial charge on any atom is -0.480 e. The lowest BCUT2D eigenvalue weighted by Crippen LogP contribution is -2.36. The number of benzene rings is 1. The third kappa shape index (κ3) is 3.74. The molecule has 0 N–H and O–H groups in total. The minimum absolute atomic E-state index is 0.141. The summed E-state index contributed by atoms with van der Waals surface area (Å²) in [6, 6.07) is 0. The highest BCUT2D eigenvalue weighted by molar-refractivity contribution is 6.31. The van der Waals surface area contributed by atoms with E-state index >= 15 is 0 Å². The highest BCUT2D eigenvalue weighted by Gasteiger charge is 2.30. The Labute approximate surface area is 170 Å². The smallest absolute Gasteiger partial charge is 0.289 e. The lowest BCUT2D eigenvalue weighted by atomic mass is 10.1. The van der Waals surface area contributed by atoms with Gasteiger partial charge in [0.1, 0.15) is 5.56 Å². The summed E-state index contributed by atoms with van der Waals surface area (Å²) in [7, 11) is 0. The molecule has 1 aromatic carbocycles. The first-order chi connectivity index (χ1) is 13.9. The third-order valence-electron chi connectivity index (χ3n) is 3.76. The van der Waals surface area contributed by atoms with Crippen molar-refractivity contribution in [1.82, 2.24) is 20.0 Å². The minimum atomic E-state index is -2.32. The molecule has 160 valence electrons. The average molecular weight is 451 g/mol. The molecule has 0 atom stereocenters. The molecule has 13 heteroatoms. The monoisotopic (exact) mass is 450 g/mol. The molecule has 0 aliphatic rings. The van der Waals surface area contributed by atoms with Gasteiger partial charge in [0.15, 0.2) is 40.6 Å². The lowest BCUT2D eigenvalue weighted by Gasteiger charge is -2.21. The Bertz CT molecular complexity index is 1160.